The minimum Gasteiger partial charge on any atom is -0.383 e. The maximum Gasteiger partial charge on any atom is 0.268 e. The van der Waals surface area contributed by atoms with Crippen LogP contribution < -0.4 is 11.3 Å². The van der Waals surface area contributed by atoms with Crippen molar-refractivity contribution in [3.63, 3.8) is 0 Å². The smallest absolute Gasteiger partial charge is 0.268 e. The van der Waals surface area contributed by atoms with Crippen molar-refractivity contribution in [2.24, 2.45) is 0 Å². The zero-order valence-corrected chi connectivity index (χ0v) is 13.6. The van der Waals surface area contributed by atoms with Crippen LogP contribution in [0.4, 0.5) is 5.82 Å². The van der Waals surface area contributed by atoms with Gasteiger partial charge in [-0.3, -0.25) is 4.79 Å². The lowest BCUT2D eigenvalue weighted by molar-refractivity contribution is 1.18. The zero-order valence-electron chi connectivity index (χ0n) is 12.0. The fourth-order valence-corrected chi connectivity index (χ4v) is 3.95. The molecule has 0 aliphatic carbocycles. The van der Waals surface area contributed by atoms with Crippen LogP contribution in [0.3, 0.4) is 0 Å². The number of nitrogens with one attached hydrogen (secondary N) is 1. The van der Waals surface area contributed by atoms with E-state index in [0.717, 1.165) is 0 Å². The van der Waals surface area contributed by atoms with Gasteiger partial charge in [-0.2, -0.15) is 5.26 Å². The predicted octanol–water partition coefficient (Wildman–Crippen LogP) is 3.31. The van der Waals surface area contributed by atoms with E-state index in [4.69, 9.17) is 17.3 Å². The van der Waals surface area contributed by atoms with Crippen molar-refractivity contribution in [3.05, 3.63) is 51.5 Å². The Hall–Kier alpha value is -2.95. The van der Waals surface area contributed by atoms with E-state index < -0.39 is 0 Å². The molecule has 1 aromatic carbocycles. The highest BCUT2D eigenvalue weighted by molar-refractivity contribution is 7.25. The number of aromatic amines is 1. The minimum atomic E-state index is -0.259. The molecule has 0 fully saturated rings. The molecule has 0 saturated heterocycles. The molecule has 4 rings (SSSR count). The van der Waals surface area contributed by atoms with Gasteiger partial charge in [-0.15, -0.1) is 11.3 Å². The number of hydrogen-bond donors (Lipinski definition) is 2. The molecule has 0 aliphatic rings. The van der Waals surface area contributed by atoms with E-state index in [0.29, 0.717) is 36.6 Å². The van der Waals surface area contributed by atoms with Crippen LogP contribution in [0, 0.1) is 11.3 Å². The fraction of sp³-hybridized carbons (Fsp3) is 0. The molecule has 8 heteroatoms. The monoisotopic (exact) mass is 353 g/mol. The molecule has 116 valence electrons. The number of rotatable bonds is 1. The summed E-state index contributed by atoms with van der Waals surface area (Å²) in [5, 5.41) is 10.7. The van der Waals surface area contributed by atoms with E-state index in [-0.39, 0.29) is 16.9 Å². The SMILES string of the molecule is N#Cc1c(N)nc2sc3c(=O)[nH]cnc3c2c1-c1ccccc1Cl. The minimum absolute atomic E-state index is 0.0999. The molecular formula is C16H8ClN5OS. The largest absolute Gasteiger partial charge is 0.383 e. The third kappa shape index (κ3) is 1.98. The summed E-state index contributed by atoms with van der Waals surface area (Å²) >= 11 is 7.52. The van der Waals surface area contributed by atoms with E-state index >= 15 is 0 Å². The Morgan fingerprint density at radius 3 is 2.88 bits per heavy atom. The molecule has 0 spiro atoms. The van der Waals surface area contributed by atoms with Crippen LogP contribution in [-0.2, 0) is 0 Å². The number of nitriles is 1. The van der Waals surface area contributed by atoms with Gasteiger partial charge in [0.15, 0.2) is 0 Å². The number of pyridine rings is 1. The van der Waals surface area contributed by atoms with Crippen LogP contribution in [-0.4, -0.2) is 15.0 Å². The Bertz CT molecular complexity index is 1220. The lowest BCUT2D eigenvalue weighted by Crippen LogP contribution is -2.03. The number of fused-ring (bicyclic) bond motifs is 3. The topological polar surface area (TPSA) is 108 Å². The average Bonchev–Trinajstić information content (AvgIpc) is 2.94. The van der Waals surface area contributed by atoms with Crippen molar-refractivity contribution >= 4 is 49.2 Å². The highest BCUT2D eigenvalue weighted by Crippen LogP contribution is 2.42. The molecule has 3 aromatic heterocycles. The molecule has 4 aromatic rings. The summed E-state index contributed by atoms with van der Waals surface area (Å²) in [5.41, 5.74) is 7.61. The second-order valence-electron chi connectivity index (χ2n) is 5.03. The van der Waals surface area contributed by atoms with Crippen molar-refractivity contribution in [3.8, 4) is 17.2 Å². The number of hydrogen-bond acceptors (Lipinski definition) is 6. The summed E-state index contributed by atoms with van der Waals surface area (Å²) < 4.78 is 0.433. The van der Waals surface area contributed by atoms with Gasteiger partial charge >= 0.3 is 0 Å². The van der Waals surface area contributed by atoms with E-state index in [9.17, 15) is 10.1 Å². The van der Waals surface area contributed by atoms with Gasteiger partial charge < -0.3 is 10.7 Å². The Kier molecular flexibility index (Phi) is 3.23. The molecule has 3 N–H and O–H groups in total. The Labute approximate surface area is 144 Å². The molecule has 0 saturated carbocycles. The molecule has 0 unspecified atom stereocenters. The van der Waals surface area contributed by atoms with E-state index in [1.54, 1.807) is 18.2 Å². The van der Waals surface area contributed by atoms with E-state index in [1.807, 2.05) is 6.07 Å². The van der Waals surface area contributed by atoms with Gasteiger partial charge in [0.2, 0.25) is 0 Å². The summed E-state index contributed by atoms with van der Waals surface area (Å²) in [6.07, 6.45) is 1.33. The molecule has 0 atom stereocenters. The first-order valence-electron chi connectivity index (χ1n) is 6.86. The predicted molar refractivity (Wildman–Crippen MR) is 95.1 cm³/mol. The highest BCUT2D eigenvalue weighted by Gasteiger charge is 2.22. The van der Waals surface area contributed by atoms with Gasteiger partial charge in [-0.05, 0) is 6.07 Å². The van der Waals surface area contributed by atoms with Crippen molar-refractivity contribution in [2.45, 2.75) is 0 Å². The molecule has 0 bridgehead atoms. The summed E-state index contributed by atoms with van der Waals surface area (Å²) in [4.78, 5) is 23.7. The maximum absolute atomic E-state index is 12.1. The van der Waals surface area contributed by atoms with Crippen molar-refractivity contribution < 1.29 is 0 Å². The summed E-state index contributed by atoms with van der Waals surface area (Å²) in [6.45, 7) is 0. The highest BCUT2D eigenvalue weighted by atomic mass is 35.5. The van der Waals surface area contributed by atoms with Crippen LogP contribution >= 0.6 is 22.9 Å². The molecule has 3 heterocycles. The van der Waals surface area contributed by atoms with Gasteiger partial charge in [0.05, 0.1) is 11.8 Å². The van der Waals surface area contributed by atoms with E-state index in [2.05, 4.69) is 21.0 Å². The number of halogens is 1. The zero-order chi connectivity index (χ0) is 16.8. The third-order valence-corrected chi connectivity index (χ3v) is 5.09. The van der Waals surface area contributed by atoms with Gasteiger partial charge in [0.25, 0.3) is 5.56 Å². The Balaban J connectivity index is 2.32. The van der Waals surface area contributed by atoms with Crippen molar-refractivity contribution in [1.82, 2.24) is 15.0 Å². The van der Waals surface area contributed by atoms with Crippen LogP contribution in [0.25, 0.3) is 31.6 Å². The van der Waals surface area contributed by atoms with Crippen molar-refractivity contribution in [1.29, 1.82) is 5.26 Å². The average molecular weight is 354 g/mol. The first-order chi connectivity index (χ1) is 11.6. The lowest BCUT2D eigenvalue weighted by atomic mass is 9.97. The molecule has 0 amide bonds. The fourth-order valence-electron chi connectivity index (χ4n) is 2.68. The van der Waals surface area contributed by atoms with Gasteiger partial charge in [0.1, 0.15) is 27.0 Å². The van der Waals surface area contributed by atoms with Crippen LogP contribution in [0.1, 0.15) is 5.56 Å². The van der Waals surface area contributed by atoms with E-state index in [1.165, 1.54) is 17.7 Å². The second kappa shape index (κ2) is 5.30. The first kappa shape index (κ1) is 14.6. The molecule has 24 heavy (non-hydrogen) atoms. The van der Waals surface area contributed by atoms with Crippen LogP contribution in [0.5, 0.6) is 0 Å². The maximum atomic E-state index is 12.1. The number of nitrogen functional groups attached to an aromatic ring is 1. The molecule has 6 nitrogen and oxygen atoms in total. The standard InChI is InChI=1S/C16H8ClN5OS/c17-9-4-2-1-3-7(9)10-8(5-18)14(19)22-16-11(10)12-13(24-16)15(23)21-6-20-12/h1-4,6H,(H2,19,22)(H,20,21,23). The quantitative estimate of drug-likeness (QED) is 0.545. The van der Waals surface area contributed by atoms with Crippen LogP contribution in [0.15, 0.2) is 35.4 Å². The first-order valence-corrected chi connectivity index (χ1v) is 8.05. The molecular weight excluding hydrogens is 346 g/mol. The Morgan fingerprint density at radius 2 is 2.12 bits per heavy atom. The number of thiophene rings is 1. The van der Waals surface area contributed by atoms with Gasteiger partial charge in [-0.1, -0.05) is 29.8 Å². The number of benzene rings is 1. The number of nitrogens with zero attached hydrogens (tertiary/aromatic N) is 3. The molecule has 0 aliphatic heterocycles. The second-order valence-corrected chi connectivity index (χ2v) is 6.44. The number of anilines is 1. The van der Waals surface area contributed by atoms with Crippen molar-refractivity contribution in [2.75, 3.05) is 5.73 Å². The third-order valence-electron chi connectivity index (χ3n) is 3.69. The number of aromatic nitrogens is 3. The lowest BCUT2D eigenvalue weighted by Gasteiger charge is -2.10. The van der Waals surface area contributed by atoms with Gasteiger partial charge in [0, 0.05) is 21.5 Å². The Morgan fingerprint density at radius 1 is 1.33 bits per heavy atom. The normalized spacial score (nSPS) is 11.0. The van der Waals surface area contributed by atoms with Gasteiger partial charge in [-0.25, -0.2) is 9.97 Å². The van der Waals surface area contributed by atoms with Crippen LogP contribution in [0.2, 0.25) is 5.02 Å². The molecule has 0 radical (unpaired) electrons. The summed E-state index contributed by atoms with van der Waals surface area (Å²) in [7, 11) is 0. The number of nitrogens with two attached hydrogens (primary N) is 1. The number of H-pyrrole nitrogens is 1. The summed E-state index contributed by atoms with van der Waals surface area (Å²) in [6, 6.07) is 9.25. The summed E-state index contributed by atoms with van der Waals surface area (Å²) in [5.74, 6) is 0.0999.